The SMILES string of the molecule is Cc1cc(C)nc(N2CCC(Cn3cc(CN4CCNC(=O)C4)nn3)CC2)n1. The number of amides is 1. The lowest BCUT2D eigenvalue weighted by atomic mass is 9.97. The predicted octanol–water partition coefficient (Wildman–Crippen LogP) is 0.533. The van der Waals surface area contributed by atoms with Crippen LogP contribution in [0.5, 0.6) is 0 Å². The quantitative estimate of drug-likeness (QED) is 0.804. The van der Waals surface area contributed by atoms with Gasteiger partial charge in [0.25, 0.3) is 0 Å². The number of nitrogens with one attached hydrogen (secondary N) is 1. The lowest BCUT2D eigenvalue weighted by molar-refractivity contribution is -0.124. The molecule has 0 aliphatic carbocycles. The van der Waals surface area contributed by atoms with Gasteiger partial charge in [-0.15, -0.1) is 5.10 Å². The average molecular weight is 384 g/mol. The Morgan fingerprint density at radius 1 is 1.14 bits per heavy atom. The van der Waals surface area contributed by atoms with Crippen molar-refractivity contribution >= 4 is 11.9 Å². The minimum atomic E-state index is 0.0817. The van der Waals surface area contributed by atoms with Crippen molar-refractivity contribution < 1.29 is 4.79 Å². The Kier molecular flexibility index (Phi) is 5.52. The molecule has 9 heteroatoms. The third-order valence-electron chi connectivity index (χ3n) is 5.40. The summed E-state index contributed by atoms with van der Waals surface area (Å²) in [6, 6.07) is 2.01. The van der Waals surface area contributed by atoms with Crippen LogP contribution in [0.1, 0.15) is 29.9 Å². The van der Waals surface area contributed by atoms with Crippen molar-refractivity contribution in [2.24, 2.45) is 5.92 Å². The number of aryl methyl sites for hydroxylation is 2. The van der Waals surface area contributed by atoms with Crippen LogP contribution in [0.4, 0.5) is 5.95 Å². The molecule has 2 fully saturated rings. The van der Waals surface area contributed by atoms with E-state index in [4.69, 9.17) is 0 Å². The molecular weight excluding hydrogens is 356 g/mol. The second-order valence-electron chi connectivity index (χ2n) is 7.87. The Labute approximate surface area is 165 Å². The normalized spacial score (nSPS) is 19.1. The molecule has 4 rings (SSSR count). The van der Waals surface area contributed by atoms with E-state index in [1.54, 1.807) is 0 Å². The monoisotopic (exact) mass is 384 g/mol. The zero-order valence-corrected chi connectivity index (χ0v) is 16.6. The predicted molar refractivity (Wildman–Crippen MR) is 105 cm³/mol. The molecule has 0 saturated carbocycles. The van der Waals surface area contributed by atoms with Crippen molar-refractivity contribution in [3.63, 3.8) is 0 Å². The molecule has 28 heavy (non-hydrogen) atoms. The van der Waals surface area contributed by atoms with E-state index in [9.17, 15) is 4.79 Å². The van der Waals surface area contributed by atoms with Crippen molar-refractivity contribution in [1.29, 1.82) is 0 Å². The molecule has 0 bridgehead atoms. The summed E-state index contributed by atoms with van der Waals surface area (Å²) >= 11 is 0. The zero-order chi connectivity index (χ0) is 19.5. The van der Waals surface area contributed by atoms with E-state index in [1.165, 1.54) is 0 Å². The van der Waals surface area contributed by atoms with Gasteiger partial charge >= 0.3 is 0 Å². The first-order valence-corrected chi connectivity index (χ1v) is 10.0. The maximum Gasteiger partial charge on any atom is 0.234 e. The highest BCUT2D eigenvalue weighted by Crippen LogP contribution is 2.22. The number of nitrogens with zero attached hydrogens (tertiary/aromatic N) is 7. The summed E-state index contributed by atoms with van der Waals surface area (Å²) < 4.78 is 1.95. The van der Waals surface area contributed by atoms with Crippen molar-refractivity contribution in [2.45, 2.75) is 39.8 Å². The fourth-order valence-corrected chi connectivity index (χ4v) is 3.98. The fraction of sp³-hybridized carbons (Fsp3) is 0.632. The number of aromatic nitrogens is 5. The molecule has 0 unspecified atom stereocenters. The molecule has 9 nitrogen and oxygen atoms in total. The minimum Gasteiger partial charge on any atom is -0.354 e. The number of rotatable bonds is 5. The summed E-state index contributed by atoms with van der Waals surface area (Å²) in [5.74, 6) is 1.51. The highest BCUT2D eigenvalue weighted by atomic mass is 16.2. The first kappa shape index (κ1) is 18.8. The molecule has 0 radical (unpaired) electrons. The maximum atomic E-state index is 11.5. The third kappa shape index (κ3) is 4.64. The molecule has 2 aromatic heterocycles. The maximum absolute atomic E-state index is 11.5. The lowest BCUT2D eigenvalue weighted by Gasteiger charge is -2.32. The third-order valence-corrected chi connectivity index (χ3v) is 5.40. The van der Waals surface area contributed by atoms with Crippen LogP contribution in [-0.4, -0.2) is 68.5 Å². The minimum absolute atomic E-state index is 0.0817. The van der Waals surface area contributed by atoms with Gasteiger partial charge in [0, 0.05) is 56.9 Å². The van der Waals surface area contributed by atoms with E-state index >= 15 is 0 Å². The average Bonchev–Trinajstić information content (AvgIpc) is 3.08. The van der Waals surface area contributed by atoms with E-state index in [2.05, 4.69) is 35.4 Å². The molecule has 150 valence electrons. The Morgan fingerprint density at radius 2 is 1.89 bits per heavy atom. The second kappa shape index (κ2) is 8.22. The van der Waals surface area contributed by atoms with E-state index in [0.29, 0.717) is 25.6 Å². The van der Waals surface area contributed by atoms with Crippen LogP contribution >= 0.6 is 0 Å². The number of carbonyl (C=O) groups is 1. The van der Waals surface area contributed by atoms with E-state index in [0.717, 1.165) is 62.1 Å². The summed E-state index contributed by atoms with van der Waals surface area (Å²) in [6.45, 7) is 9.53. The fourth-order valence-electron chi connectivity index (χ4n) is 3.98. The molecule has 1 amide bonds. The topological polar surface area (TPSA) is 92.1 Å². The van der Waals surface area contributed by atoms with Gasteiger partial charge in [-0.3, -0.25) is 14.4 Å². The highest BCUT2D eigenvalue weighted by molar-refractivity contribution is 5.78. The molecule has 0 spiro atoms. The highest BCUT2D eigenvalue weighted by Gasteiger charge is 2.23. The van der Waals surface area contributed by atoms with Gasteiger partial charge in [-0.25, -0.2) is 9.97 Å². The van der Waals surface area contributed by atoms with Crippen molar-refractivity contribution in [3.8, 4) is 0 Å². The van der Waals surface area contributed by atoms with Crippen LogP contribution in [0, 0.1) is 19.8 Å². The zero-order valence-electron chi connectivity index (χ0n) is 16.6. The molecule has 2 saturated heterocycles. The molecule has 0 atom stereocenters. The largest absolute Gasteiger partial charge is 0.354 e. The Hall–Kier alpha value is -2.55. The van der Waals surface area contributed by atoms with Crippen molar-refractivity contribution in [3.05, 3.63) is 29.3 Å². The first-order valence-electron chi connectivity index (χ1n) is 10.0. The Bertz CT molecular complexity index is 807. The van der Waals surface area contributed by atoms with Crippen LogP contribution in [-0.2, 0) is 17.9 Å². The van der Waals surface area contributed by atoms with Crippen LogP contribution in [0.3, 0.4) is 0 Å². The van der Waals surface area contributed by atoms with Crippen LogP contribution < -0.4 is 10.2 Å². The molecule has 2 aliphatic rings. The Balaban J connectivity index is 1.28. The first-order chi connectivity index (χ1) is 13.5. The molecule has 1 N–H and O–H groups in total. The van der Waals surface area contributed by atoms with Gasteiger partial charge in [-0.2, -0.15) is 0 Å². The van der Waals surface area contributed by atoms with Gasteiger partial charge < -0.3 is 10.2 Å². The number of carbonyl (C=O) groups excluding carboxylic acids is 1. The molecular formula is C19H28N8O. The number of hydrogen-bond donors (Lipinski definition) is 1. The van der Waals surface area contributed by atoms with E-state index in [1.807, 2.05) is 30.8 Å². The standard InChI is InChI=1S/C19H28N8O/c1-14-9-15(2)22-19(21-14)26-6-3-16(4-7-26)10-27-12-17(23-24-27)11-25-8-5-20-18(28)13-25/h9,12,16H,3-8,10-11,13H2,1-2H3,(H,20,28). The summed E-state index contributed by atoms with van der Waals surface area (Å²) in [5, 5.41) is 11.4. The molecule has 0 aromatic carbocycles. The second-order valence-corrected chi connectivity index (χ2v) is 7.87. The Morgan fingerprint density at radius 3 is 2.61 bits per heavy atom. The van der Waals surface area contributed by atoms with E-state index in [-0.39, 0.29) is 5.91 Å². The van der Waals surface area contributed by atoms with Crippen LogP contribution in [0.25, 0.3) is 0 Å². The van der Waals surface area contributed by atoms with Crippen LogP contribution in [0.2, 0.25) is 0 Å². The lowest BCUT2D eigenvalue weighted by Crippen LogP contribution is -2.47. The number of piperidine rings is 1. The van der Waals surface area contributed by atoms with Gasteiger partial charge in [-0.1, -0.05) is 5.21 Å². The van der Waals surface area contributed by atoms with E-state index < -0.39 is 0 Å². The van der Waals surface area contributed by atoms with Gasteiger partial charge in [0.1, 0.15) is 0 Å². The summed E-state index contributed by atoms with van der Waals surface area (Å²) in [7, 11) is 0. The summed E-state index contributed by atoms with van der Waals surface area (Å²) in [4.78, 5) is 25.1. The van der Waals surface area contributed by atoms with Crippen molar-refractivity contribution in [1.82, 2.24) is 35.2 Å². The molecule has 2 aliphatic heterocycles. The smallest absolute Gasteiger partial charge is 0.234 e. The number of piperazine rings is 1. The number of anilines is 1. The van der Waals surface area contributed by atoms with Gasteiger partial charge in [0.2, 0.25) is 11.9 Å². The van der Waals surface area contributed by atoms with Gasteiger partial charge in [-0.05, 0) is 38.7 Å². The molecule has 2 aromatic rings. The summed E-state index contributed by atoms with van der Waals surface area (Å²) in [5.41, 5.74) is 2.97. The molecule has 4 heterocycles. The van der Waals surface area contributed by atoms with Gasteiger partial charge in [0.15, 0.2) is 0 Å². The van der Waals surface area contributed by atoms with Gasteiger partial charge in [0.05, 0.1) is 12.2 Å². The van der Waals surface area contributed by atoms with Crippen LogP contribution in [0.15, 0.2) is 12.3 Å². The number of hydrogen-bond acceptors (Lipinski definition) is 7. The van der Waals surface area contributed by atoms with Crippen molar-refractivity contribution in [2.75, 3.05) is 37.6 Å². The summed E-state index contributed by atoms with van der Waals surface area (Å²) in [6.07, 6.45) is 4.21.